The first-order chi connectivity index (χ1) is 17.8. The number of benzene rings is 2. The number of nitrogens with one attached hydrogen (secondary N) is 3. The van der Waals surface area contributed by atoms with Crippen LogP contribution in [0.1, 0.15) is 61.9 Å². The highest BCUT2D eigenvalue weighted by molar-refractivity contribution is 7.87. The van der Waals surface area contributed by atoms with E-state index in [0.717, 1.165) is 44.5 Å². The second kappa shape index (κ2) is 13.9. The summed E-state index contributed by atoms with van der Waals surface area (Å²) in [5.74, 6) is 0.362. The van der Waals surface area contributed by atoms with Gasteiger partial charge in [-0.3, -0.25) is 4.79 Å². The summed E-state index contributed by atoms with van der Waals surface area (Å²) in [6.45, 7) is 7.91. The molecule has 0 aliphatic heterocycles. The molecule has 9 heteroatoms. The molecular weight excluding hydrogens is 488 g/mol. The Labute approximate surface area is 222 Å². The Morgan fingerprint density at radius 2 is 1.68 bits per heavy atom. The van der Waals surface area contributed by atoms with Gasteiger partial charge >= 0.3 is 0 Å². The van der Waals surface area contributed by atoms with Crippen molar-refractivity contribution in [3.8, 4) is 5.75 Å². The third-order valence-electron chi connectivity index (χ3n) is 7.43. The first-order valence-corrected chi connectivity index (χ1v) is 14.8. The van der Waals surface area contributed by atoms with E-state index in [-0.39, 0.29) is 17.4 Å². The van der Waals surface area contributed by atoms with Crippen LogP contribution in [0.3, 0.4) is 0 Å². The van der Waals surface area contributed by atoms with Gasteiger partial charge in [-0.15, -0.1) is 0 Å². The van der Waals surface area contributed by atoms with Crippen LogP contribution in [0, 0.1) is 0 Å². The van der Waals surface area contributed by atoms with Gasteiger partial charge in [-0.2, -0.15) is 13.1 Å². The Morgan fingerprint density at radius 3 is 2.32 bits per heavy atom. The number of ether oxygens (including phenoxy) is 1. The highest BCUT2D eigenvalue weighted by Crippen LogP contribution is 2.39. The smallest absolute Gasteiger partial charge is 0.277 e. The predicted octanol–water partition coefficient (Wildman–Crippen LogP) is 3.46. The Bertz CT molecular complexity index is 1080. The maximum absolute atomic E-state index is 13.0. The molecular formula is C28H42N4O4S. The number of hydrogen-bond donors (Lipinski definition) is 3. The molecule has 0 atom stereocenters. The maximum Gasteiger partial charge on any atom is 0.277 e. The number of carbonyl (C=O) groups excluding carboxylic acids is 1. The number of carbonyl (C=O) groups is 1. The molecule has 0 heterocycles. The number of amides is 1. The van der Waals surface area contributed by atoms with Crippen LogP contribution in [0.25, 0.3) is 0 Å². The molecule has 0 aromatic heterocycles. The van der Waals surface area contributed by atoms with Crippen molar-refractivity contribution in [2.75, 3.05) is 39.8 Å². The summed E-state index contributed by atoms with van der Waals surface area (Å²) in [5.41, 5.74) is 1.39. The number of rotatable bonds is 14. The molecule has 204 valence electrons. The normalized spacial score (nSPS) is 20.1. The first-order valence-electron chi connectivity index (χ1n) is 13.3. The molecule has 0 unspecified atom stereocenters. The van der Waals surface area contributed by atoms with Gasteiger partial charge in [-0.05, 0) is 69.4 Å². The van der Waals surface area contributed by atoms with Gasteiger partial charge in [0.05, 0.1) is 12.7 Å². The molecule has 0 saturated heterocycles. The van der Waals surface area contributed by atoms with Crippen LogP contribution in [0.5, 0.6) is 5.75 Å². The van der Waals surface area contributed by atoms with Crippen molar-refractivity contribution in [1.29, 1.82) is 0 Å². The molecule has 2 aromatic rings. The lowest BCUT2D eigenvalue weighted by Crippen LogP contribution is -2.49. The summed E-state index contributed by atoms with van der Waals surface area (Å²) in [6.07, 6.45) is 3.69. The molecule has 0 bridgehead atoms. The van der Waals surface area contributed by atoms with Gasteiger partial charge in [0.15, 0.2) is 0 Å². The van der Waals surface area contributed by atoms with Crippen molar-refractivity contribution in [3.05, 3.63) is 65.7 Å². The van der Waals surface area contributed by atoms with E-state index < -0.39 is 10.2 Å². The minimum absolute atomic E-state index is 0.137. The lowest BCUT2D eigenvalue weighted by Gasteiger charge is -2.41. The van der Waals surface area contributed by atoms with E-state index in [2.05, 4.69) is 45.6 Å². The maximum atomic E-state index is 13.0. The quantitative estimate of drug-likeness (QED) is 0.325. The average molecular weight is 531 g/mol. The van der Waals surface area contributed by atoms with Crippen LogP contribution in [-0.4, -0.2) is 65.1 Å². The molecule has 2 aromatic carbocycles. The Balaban J connectivity index is 1.60. The molecule has 1 amide bonds. The van der Waals surface area contributed by atoms with Crippen LogP contribution in [0.4, 0.5) is 0 Å². The lowest BCUT2D eigenvalue weighted by molar-refractivity contribution is 0.0932. The van der Waals surface area contributed by atoms with Crippen LogP contribution >= 0.6 is 0 Å². The average Bonchev–Trinajstić information content (AvgIpc) is 2.93. The Morgan fingerprint density at radius 1 is 1.03 bits per heavy atom. The highest BCUT2D eigenvalue weighted by atomic mass is 32.2. The lowest BCUT2D eigenvalue weighted by atomic mass is 9.68. The van der Waals surface area contributed by atoms with Crippen molar-refractivity contribution in [1.82, 2.24) is 19.7 Å². The zero-order valence-corrected chi connectivity index (χ0v) is 23.1. The minimum atomic E-state index is -3.57. The predicted molar refractivity (Wildman–Crippen MR) is 148 cm³/mol. The number of methoxy groups -OCH3 is 1. The van der Waals surface area contributed by atoms with Gasteiger partial charge in [0.2, 0.25) is 0 Å². The van der Waals surface area contributed by atoms with E-state index >= 15 is 0 Å². The topological polar surface area (TPSA) is 99.8 Å². The third-order valence-corrected chi connectivity index (χ3v) is 8.66. The highest BCUT2D eigenvalue weighted by Gasteiger charge is 2.38. The van der Waals surface area contributed by atoms with E-state index in [0.29, 0.717) is 37.2 Å². The van der Waals surface area contributed by atoms with Crippen molar-refractivity contribution >= 4 is 16.1 Å². The molecule has 0 radical (unpaired) electrons. The van der Waals surface area contributed by atoms with E-state index in [1.165, 1.54) is 0 Å². The summed E-state index contributed by atoms with van der Waals surface area (Å²) >= 11 is 0. The SMILES string of the molecule is CCN(CC)CCCNS(=O)(=O)N[C@H]1CC[C@](CNC(=O)c2ccccc2OC)(c2ccccc2)CC1. The fraction of sp³-hybridized carbons (Fsp3) is 0.536. The molecule has 3 N–H and O–H groups in total. The molecule has 37 heavy (non-hydrogen) atoms. The fourth-order valence-corrected chi connectivity index (χ4v) is 6.31. The summed E-state index contributed by atoms with van der Waals surface area (Å²) in [4.78, 5) is 15.3. The summed E-state index contributed by atoms with van der Waals surface area (Å²) in [7, 11) is -2.01. The van der Waals surface area contributed by atoms with Gasteiger partial charge in [0.1, 0.15) is 5.75 Å². The van der Waals surface area contributed by atoms with Crippen molar-refractivity contribution < 1.29 is 17.9 Å². The number of para-hydroxylation sites is 1. The van der Waals surface area contributed by atoms with E-state index in [9.17, 15) is 13.2 Å². The van der Waals surface area contributed by atoms with Crippen molar-refractivity contribution in [2.24, 2.45) is 0 Å². The molecule has 8 nitrogen and oxygen atoms in total. The molecule has 1 aliphatic rings. The van der Waals surface area contributed by atoms with Crippen molar-refractivity contribution in [3.63, 3.8) is 0 Å². The first kappa shape index (κ1) is 29.1. The van der Waals surface area contributed by atoms with Crippen molar-refractivity contribution in [2.45, 2.75) is 57.4 Å². The second-order valence-corrected chi connectivity index (χ2v) is 11.2. The molecule has 1 aliphatic carbocycles. The summed E-state index contributed by atoms with van der Waals surface area (Å²) in [6, 6.07) is 17.2. The molecule has 1 fully saturated rings. The minimum Gasteiger partial charge on any atom is -0.496 e. The second-order valence-electron chi connectivity index (χ2n) is 9.70. The van der Waals surface area contributed by atoms with Gasteiger partial charge in [0, 0.05) is 24.5 Å². The number of hydrogen-bond acceptors (Lipinski definition) is 5. The molecule has 1 saturated carbocycles. The monoisotopic (exact) mass is 530 g/mol. The fourth-order valence-electron chi connectivity index (χ4n) is 5.13. The van der Waals surface area contributed by atoms with Gasteiger partial charge < -0.3 is 15.0 Å². The van der Waals surface area contributed by atoms with Crippen LogP contribution in [-0.2, 0) is 15.6 Å². The van der Waals surface area contributed by atoms with Gasteiger partial charge in [0.25, 0.3) is 16.1 Å². The van der Waals surface area contributed by atoms with E-state index in [4.69, 9.17) is 4.74 Å². The zero-order chi connectivity index (χ0) is 26.7. The van der Waals surface area contributed by atoms with Gasteiger partial charge in [-0.1, -0.05) is 56.3 Å². The largest absolute Gasteiger partial charge is 0.496 e. The van der Waals surface area contributed by atoms with Crippen LogP contribution in [0.15, 0.2) is 54.6 Å². The Hall–Kier alpha value is -2.46. The van der Waals surface area contributed by atoms with Gasteiger partial charge in [-0.25, -0.2) is 4.72 Å². The third kappa shape index (κ3) is 8.26. The standard InChI is InChI=1S/C28H42N4O4S/c1-4-32(5-2)21-11-20-30-37(34,35)31-24-16-18-28(19-17-24,23-12-7-6-8-13-23)22-29-27(33)25-14-9-10-15-26(25)36-3/h6-10,12-15,24,30-31H,4-5,11,16-22H2,1-3H3,(H,29,33)/t24-,28-. The summed E-state index contributed by atoms with van der Waals surface area (Å²) in [5, 5.41) is 3.12. The zero-order valence-electron chi connectivity index (χ0n) is 22.3. The molecule has 3 rings (SSSR count). The van der Waals surface area contributed by atoms with Crippen LogP contribution in [0.2, 0.25) is 0 Å². The van der Waals surface area contributed by atoms with E-state index in [1.54, 1.807) is 19.2 Å². The molecule has 0 spiro atoms. The number of nitrogens with zero attached hydrogens (tertiary/aromatic N) is 1. The van der Waals surface area contributed by atoms with Crippen LogP contribution < -0.4 is 19.5 Å². The summed E-state index contributed by atoms with van der Waals surface area (Å²) < 4.78 is 36.2. The Kier molecular flexibility index (Phi) is 10.9. The van der Waals surface area contributed by atoms with E-state index in [1.807, 2.05) is 30.3 Å².